The summed E-state index contributed by atoms with van der Waals surface area (Å²) >= 11 is 6.49. The van der Waals surface area contributed by atoms with Crippen molar-refractivity contribution in [1.29, 1.82) is 0 Å². The molecule has 214 valence electrons. The number of ether oxygens (including phenoxy) is 1. The second-order valence-corrected chi connectivity index (χ2v) is 10.7. The molecule has 1 atom stereocenters. The highest BCUT2D eigenvalue weighted by atomic mass is 35.5. The summed E-state index contributed by atoms with van der Waals surface area (Å²) < 4.78 is 63.8. The van der Waals surface area contributed by atoms with Crippen LogP contribution in [0.15, 0.2) is 18.5 Å². The number of nitrogens with one attached hydrogen (secondary N) is 1. The lowest BCUT2D eigenvalue weighted by molar-refractivity contribution is -0.144. The van der Waals surface area contributed by atoms with Crippen molar-refractivity contribution < 1.29 is 27.1 Å². The van der Waals surface area contributed by atoms with Gasteiger partial charge in [0.1, 0.15) is 34.9 Å². The van der Waals surface area contributed by atoms with Gasteiger partial charge in [0, 0.05) is 30.6 Å². The van der Waals surface area contributed by atoms with E-state index in [1.807, 2.05) is 27.7 Å². The number of nitrogens with zero attached hydrogens (tertiary/aromatic N) is 5. The van der Waals surface area contributed by atoms with Gasteiger partial charge in [-0.15, -0.1) is 0 Å². The second kappa shape index (κ2) is 11.9. The number of carbonyl (C=O) groups excluding carboxylic acids is 1. The van der Waals surface area contributed by atoms with E-state index in [2.05, 4.69) is 20.4 Å². The monoisotopic (exact) mass is 572 g/mol. The van der Waals surface area contributed by atoms with E-state index in [0.717, 1.165) is 22.7 Å². The number of aryl methyl sites for hydroxylation is 1. The molecule has 2 heterocycles. The van der Waals surface area contributed by atoms with Crippen molar-refractivity contribution in [3.63, 3.8) is 0 Å². The Morgan fingerprint density at radius 3 is 2.54 bits per heavy atom. The number of hydrogen-bond acceptors (Lipinski definition) is 6. The van der Waals surface area contributed by atoms with Crippen LogP contribution in [-0.2, 0) is 11.2 Å². The van der Waals surface area contributed by atoms with Crippen molar-refractivity contribution in [2.24, 2.45) is 5.41 Å². The maximum Gasteiger partial charge on any atom is 0.408 e. The molecule has 1 amide bonds. The summed E-state index contributed by atoms with van der Waals surface area (Å²) in [5, 5.41) is 6.66. The molecule has 0 aliphatic heterocycles. The van der Waals surface area contributed by atoms with E-state index in [9.17, 15) is 18.0 Å². The molecule has 2 aromatic heterocycles. The first-order valence-electron chi connectivity index (χ1n) is 12.6. The smallest absolute Gasteiger partial charge is 0.408 e. The van der Waals surface area contributed by atoms with Gasteiger partial charge in [-0.05, 0) is 31.4 Å². The highest BCUT2D eigenvalue weighted by Gasteiger charge is 2.41. The molecule has 0 bridgehead atoms. The van der Waals surface area contributed by atoms with Gasteiger partial charge in [0.25, 0.3) is 5.78 Å². The minimum atomic E-state index is -4.58. The van der Waals surface area contributed by atoms with Gasteiger partial charge in [-0.3, -0.25) is 4.79 Å². The predicted molar refractivity (Wildman–Crippen MR) is 142 cm³/mol. The predicted octanol–water partition coefficient (Wildman–Crippen LogP) is 5.85. The third-order valence-electron chi connectivity index (χ3n) is 6.22. The number of benzene rings is 1. The number of fused-ring (bicyclic) bond motifs is 1. The molecule has 3 rings (SSSR count). The Labute approximate surface area is 229 Å². The molecule has 0 saturated carbocycles. The molecule has 39 heavy (non-hydrogen) atoms. The Hall–Kier alpha value is -3.15. The molecule has 0 radical (unpaired) electrons. The first kappa shape index (κ1) is 30.4. The Balaban J connectivity index is 2.00. The fraction of sp³-hybridized carbons (Fsp3) is 0.538. The zero-order valence-electron chi connectivity index (χ0n) is 22.8. The SMILES string of the molecule is CCCc1cc(OCCCNC(=O)C(C)(C)C)cc(F)c1-c1c(Cl)nc2ncnn2c1N(C)C(C)C(F)(F)F. The van der Waals surface area contributed by atoms with Crippen LogP contribution < -0.4 is 15.0 Å². The van der Waals surface area contributed by atoms with Crippen LogP contribution in [0.5, 0.6) is 5.75 Å². The van der Waals surface area contributed by atoms with E-state index in [1.54, 1.807) is 6.07 Å². The average Bonchev–Trinajstić information content (AvgIpc) is 3.29. The Morgan fingerprint density at radius 2 is 1.92 bits per heavy atom. The standard InChI is InChI=1S/C26H33ClF4N6O2/c1-7-9-16-12-17(39-11-8-10-32-23(38)25(3,4)5)13-18(28)19(16)20-21(27)35-24-33-14-34-37(24)22(20)36(6)15(2)26(29,30)31/h12-15H,7-11H2,1-6H3,(H,32,38). The number of hydrogen-bond donors (Lipinski definition) is 1. The molecule has 0 aliphatic carbocycles. The van der Waals surface area contributed by atoms with E-state index in [1.165, 1.54) is 13.1 Å². The second-order valence-electron chi connectivity index (χ2n) is 10.3. The van der Waals surface area contributed by atoms with Crippen LogP contribution in [0.2, 0.25) is 5.15 Å². The van der Waals surface area contributed by atoms with Crippen molar-refractivity contribution in [2.45, 2.75) is 66.1 Å². The van der Waals surface area contributed by atoms with Crippen molar-refractivity contribution in [1.82, 2.24) is 24.9 Å². The van der Waals surface area contributed by atoms with Gasteiger partial charge in [0.15, 0.2) is 0 Å². The van der Waals surface area contributed by atoms with E-state index in [-0.39, 0.29) is 46.1 Å². The quantitative estimate of drug-likeness (QED) is 0.186. The maximum absolute atomic E-state index is 15.8. The fourth-order valence-electron chi connectivity index (χ4n) is 3.94. The zero-order chi connectivity index (χ0) is 29.1. The third-order valence-corrected chi connectivity index (χ3v) is 6.49. The lowest BCUT2D eigenvalue weighted by Crippen LogP contribution is -2.42. The average molecular weight is 573 g/mol. The van der Waals surface area contributed by atoms with Gasteiger partial charge >= 0.3 is 6.18 Å². The summed E-state index contributed by atoms with van der Waals surface area (Å²) in [5.74, 6) is -0.665. The summed E-state index contributed by atoms with van der Waals surface area (Å²) in [6.07, 6.45) is -1.92. The largest absolute Gasteiger partial charge is 0.493 e. The number of halogens is 5. The van der Waals surface area contributed by atoms with Crippen molar-refractivity contribution in [2.75, 3.05) is 25.1 Å². The van der Waals surface area contributed by atoms with E-state index >= 15 is 4.39 Å². The van der Waals surface area contributed by atoms with Gasteiger partial charge in [-0.25, -0.2) is 4.39 Å². The number of rotatable bonds is 10. The Morgan fingerprint density at radius 1 is 1.23 bits per heavy atom. The fourth-order valence-corrected chi connectivity index (χ4v) is 4.20. The van der Waals surface area contributed by atoms with Crippen LogP contribution in [0.1, 0.15) is 53.0 Å². The molecular formula is C26H33ClF4N6O2. The van der Waals surface area contributed by atoms with Crippen molar-refractivity contribution >= 4 is 29.1 Å². The molecule has 1 aromatic carbocycles. The van der Waals surface area contributed by atoms with Gasteiger partial charge in [0.05, 0.1) is 12.2 Å². The molecule has 8 nitrogen and oxygen atoms in total. The maximum atomic E-state index is 15.8. The molecule has 1 N–H and O–H groups in total. The van der Waals surface area contributed by atoms with Crippen molar-refractivity contribution in [3.8, 4) is 16.9 Å². The zero-order valence-corrected chi connectivity index (χ0v) is 23.5. The first-order chi connectivity index (χ1) is 18.2. The lowest BCUT2D eigenvalue weighted by Gasteiger charge is -2.31. The molecule has 3 aromatic rings. The molecule has 0 spiro atoms. The Bertz CT molecular complexity index is 1320. The van der Waals surface area contributed by atoms with Gasteiger partial charge < -0.3 is 15.0 Å². The summed E-state index contributed by atoms with van der Waals surface area (Å²) in [6, 6.07) is 0.872. The highest BCUT2D eigenvalue weighted by molar-refractivity contribution is 6.33. The van der Waals surface area contributed by atoms with Crippen LogP contribution in [0.4, 0.5) is 23.4 Å². The third kappa shape index (κ3) is 6.90. The first-order valence-corrected chi connectivity index (χ1v) is 13.0. The van der Waals surface area contributed by atoms with Gasteiger partial charge in [-0.1, -0.05) is 45.7 Å². The summed E-state index contributed by atoms with van der Waals surface area (Å²) in [5.41, 5.74) is -0.0186. The van der Waals surface area contributed by atoms with Gasteiger partial charge in [0.2, 0.25) is 5.91 Å². The summed E-state index contributed by atoms with van der Waals surface area (Å²) in [6.45, 7) is 8.94. The number of amides is 1. The molecule has 13 heteroatoms. The van der Waals surface area contributed by atoms with Crippen LogP contribution in [0, 0.1) is 11.2 Å². The number of carbonyl (C=O) groups is 1. The minimum absolute atomic E-state index is 0.0177. The summed E-state index contributed by atoms with van der Waals surface area (Å²) in [4.78, 5) is 21.1. The van der Waals surface area contributed by atoms with E-state index in [4.69, 9.17) is 16.3 Å². The normalized spacial score (nSPS) is 13.0. The van der Waals surface area contributed by atoms with Crippen molar-refractivity contribution in [3.05, 3.63) is 35.0 Å². The molecule has 0 saturated heterocycles. The molecule has 0 fully saturated rings. The molecule has 0 aliphatic rings. The van der Waals surface area contributed by atoms with Crippen LogP contribution in [0.3, 0.4) is 0 Å². The molecular weight excluding hydrogens is 540 g/mol. The number of anilines is 1. The number of alkyl halides is 3. The van der Waals surface area contributed by atoms with E-state index in [0.29, 0.717) is 31.4 Å². The lowest BCUT2D eigenvalue weighted by atomic mass is 9.96. The van der Waals surface area contributed by atoms with E-state index < -0.39 is 23.5 Å². The van der Waals surface area contributed by atoms with Crippen LogP contribution in [0.25, 0.3) is 16.9 Å². The minimum Gasteiger partial charge on any atom is -0.493 e. The topological polar surface area (TPSA) is 84.6 Å². The Kier molecular flexibility index (Phi) is 9.30. The summed E-state index contributed by atoms with van der Waals surface area (Å²) in [7, 11) is 1.24. The van der Waals surface area contributed by atoms with Crippen LogP contribution >= 0.6 is 11.6 Å². The highest BCUT2D eigenvalue weighted by Crippen LogP contribution is 2.42. The van der Waals surface area contributed by atoms with Crippen LogP contribution in [-0.4, -0.2) is 57.9 Å². The molecule has 1 unspecified atom stereocenters. The number of aromatic nitrogens is 4. The van der Waals surface area contributed by atoms with Gasteiger partial charge in [-0.2, -0.15) is 32.8 Å².